The molecule has 0 spiro atoms. The van der Waals surface area contributed by atoms with Crippen molar-refractivity contribution >= 4 is 17.6 Å². The van der Waals surface area contributed by atoms with Crippen LogP contribution in [0.1, 0.15) is 48.6 Å². The van der Waals surface area contributed by atoms with Crippen LogP contribution in [-0.4, -0.2) is 11.8 Å². The lowest BCUT2D eigenvalue weighted by molar-refractivity contribution is -0.142. The zero-order valence-electron chi connectivity index (χ0n) is 12.8. The largest absolute Gasteiger partial charge is 0.461 e. The van der Waals surface area contributed by atoms with Crippen molar-refractivity contribution in [3.05, 3.63) is 33.9 Å². The molecule has 2 nitrogen and oxygen atoms in total. The van der Waals surface area contributed by atoms with Gasteiger partial charge in [-0.05, 0) is 59.4 Å². The molecule has 1 aliphatic carbocycles. The Morgan fingerprint density at radius 1 is 1.35 bits per heavy atom. The fraction of sp³-hybridized carbons (Fsp3) is 0.588. The number of ether oxygens (including phenoxy) is 1. The lowest BCUT2D eigenvalue weighted by Crippen LogP contribution is -2.11. The molecule has 110 valence electrons. The highest BCUT2D eigenvalue weighted by molar-refractivity contribution is 6.18. The third-order valence-corrected chi connectivity index (χ3v) is 4.26. The van der Waals surface area contributed by atoms with Crippen molar-refractivity contribution in [1.29, 1.82) is 0 Å². The van der Waals surface area contributed by atoms with E-state index in [2.05, 4.69) is 26.8 Å². The highest BCUT2D eigenvalue weighted by atomic mass is 35.5. The van der Waals surface area contributed by atoms with Crippen LogP contribution in [0.15, 0.2) is 6.07 Å². The van der Waals surface area contributed by atoms with E-state index in [4.69, 9.17) is 16.3 Å². The summed E-state index contributed by atoms with van der Waals surface area (Å²) in [4.78, 5) is 11.2. The van der Waals surface area contributed by atoms with Crippen LogP contribution in [0.5, 0.6) is 0 Å². The molecule has 0 amide bonds. The second-order valence-electron chi connectivity index (χ2n) is 6.53. The Morgan fingerprint density at radius 3 is 2.65 bits per heavy atom. The van der Waals surface area contributed by atoms with Crippen LogP contribution >= 0.6 is 11.6 Å². The first-order valence-corrected chi connectivity index (χ1v) is 7.70. The summed E-state index contributed by atoms with van der Waals surface area (Å²) in [6, 6.07) is 2.29. The molecule has 2 rings (SSSR count). The maximum absolute atomic E-state index is 11.2. The van der Waals surface area contributed by atoms with Gasteiger partial charge in [0.2, 0.25) is 0 Å². The van der Waals surface area contributed by atoms with Crippen LogP contribution in [0, 0.1) is 12.3 Å². The molecule has 3 heteroatoms. The summed E-state index contributed by atoms with van der Waals surface area (Å²) in [5.41, 5.74) is 6.80. The van der Waals surface area contributed by atoms with Gasteiger partial charge in [0.15, 0.2) is 0 Å². The molecule has 0 fully saturated rings. The summed E-state index contributed by atoms with van der Waals surface area (Å²) in [6.45, 7) is 8.55. The second-order valence-corrected chi connectivity index (χ2v) is 6.90. The Bertz CT molecular complexity index is 532. The zero-order chi connectivity index (χ0) is 14.9. The smallest absolute Gasteiger partial charge is 0.302 e. The van der Waals surface area contributed by atoms with E-state index in [0.29, 0.717) is 17.9 Å². The number of halogens is 1. The van der Waals surface area contributed by atoms with Crippen molar-refractivity contribution in [1.82, 2.24) is 0 Å². The maximum atomic E-state index is 11.2. The Hall–Kier alpha value is -1.02. The van der Waals surface area contributed by atoms with E-state index in [0.717, 1.165) is 19.3 Å². The fourth-order valence-electron chi connectivity index (χ4n) is 3.27. The molecule has 0 radical (unpaired) electrons. The highest BCUT2D eigenvalue weighted by Crippen LogP contribution is 2.40. The van der Waals surface area contributed by atoms with Gasteiger partial charge in [0.1, 0.15) is 6.61 Å². The number of hydrogen-bond acceptors (Lipinski definition) is 2. The molecule has 0 saturated carbocycles. The van der Waals surface area contributed by atoms with E-state index >= 15 is 0 Å². The number of alkyl halides is 1. The highest BCUT2D eigenvalue weighted by Gasteiger charge is 2.31. The van der Waals surface area contributed by atoms with Crippen LogP contribution in [0.2, 0.25) is 0 Å². The topological polar surface area (TPSA) is 26.3 Å². The van der Waals surface area contributed by atoms with Crippen molar-refractivity contribution in [2.24, 2.45) is 5.41 Å². The second kappa shape index (κ2) is 5.77. The number of fused-ring (bicyclic) bond motifs is 1. The molecule has 0 unspecified atom stereocenters. The van der Waals surface area contributed by atoms with E-state index < -0.39 is 0 Å². The first-order chi connectivity index (χ1) is 9.34. The molecule has 1 aromatic carbocycles. The van der Waals surface area contributed by atoms with Gasteiger partial charge in [-0.3, -0.25) is 4.79 Å². The first kappa shape index (κ1) is 15.4. The maximum Gasteiger partial charge on any atom is 0.302 e. The van der Waals surface area contributed by atoms with Crippen LogP contribution in [0.25, 0.3) is 0 Å². The summed E-state index contributed by atoms with van der Waals surface area (Å²) in [7, 11) is 0. The molecule has 0 aliphatic heterocycles. The van der Waals surface area contributed by atoms with Gasteiger partial charge < -0.3 is 4.74 Å². The van der Waals surface area contributed by atoms with Gasteiger partial charge in [-0.25, -0.2) is 0 Å². The van der Waals surface area contributed by atoms with Gasteiger partial charge in [0, 0.05) is 12.8 Å². The Balaban J connectivity index is 2.46. The molecular weight excluding hydrogens is 272 g/mol. The van der Waals surface area contributed by atoms with E-state index in [-0.39, 0.29) is 5.97 Å². The molecule has 1 aliphatic rings. The minimum absolute atomic E-state index is 0.227. The average molecular weight is 295 g/mol. The molecule has 0 bridgehead atoms. The number of aryl methyl sites for hydroxylation is 1. The lowest BCUT2D eigenvalue weighted by atomic mass is 9.89. The van der Waals surface area contributed by atoms with E-state index in [1.807, 2.05) is 0 Å². The molecule has 20 heavy (non-hydrogen) atoms. The summed E-state index contributed by atoms with van der Waals surface area (Å²) in [6.07, 6.45) is 2.98. The molecule has 0 atom stereocenters. The van der Waals surface area contributed by atoms with Crippen LogP contribution in [0.4, 0.5) is 0 Å². The molecule has 0 aromatic heterocycles. The number of carbonyl (C=O) groups is 1. The van der Waals surface area contributed by atoms with E-state index in [9.17, 15) is 4.79 Å². The number of carbonyl (C=O) groups excluding carboxylic acids is 1. The van der Waals surface area contributed by atoms with Gasteiger partial charge in [0.05, 0.1) is 0 Å². The van der Waals surface area contributed by atoms with Crippen LogP contribution in [-0.2, 0) is 35.4 Å². The monoisotopic (exact) mass is 294 g/mol. The predicted octanol–water partition coefficient (Wildman–Crippen LogP) is 3.96. The summed E-state index contributed by atoms with van der Waals surface area (Å²) in [5.74, 6) is 0.366. The van der Waals surface area contributed by atoms with Gasteiger partial charge >= 0.3 is 5.97 Å². The Morgan fingerprint density at radius 2 is 2.05 bits per heavy atom. The van der Waals surface area contributed by atoms with Crippen molar-refractivity contribution in [2.75, 3.05) is 5.88 Å². The average Bonchev–Trinajstić information content (AvgIpc) is 2.62. The Labute approximate surface area is 126 Å². The summed E-state index contributed by atoms with van der Waals surface area (Å²) in [5, 5.41) is 0. The van der Waals surface area contributed by atoms with Crippen molar-refractivity contribution in [3.8, 4) is 0 Å². The van der Waals surface area contributed by atoms with Gasteiger partial charge in [0.25, 0.3) is 0 Å². The fourth-order valence-corrected chi connectivity index (χ4v) is 3.46. The van der Waals surface area contributed by atoms with Crippen LogP contribution < -0.4 is 0 Å². The minimum Gasteiger partial charge on any atom is -0.461 e. The van der Waals surface area contributed by atoms with Gasteiger partial charge in [-0.15, -0.1) is 11.6 Å². The number of hydrogen-bond donors (Lipinski definition) is 0. The number of benzene rings is 1. The molecule has 0 saturated heterocycles. The standard InChI is InChI=1S/C17H23ClO2/c1-11-7-13-8-17(3,4)9-15(13)16(10-20-12(2)19)14(11)5-6-18/h7H,5-6,8-10H2,1-4H3. The lowest BCUT2D eigenvalue weighted by Gasteiger charge is -2.18. The number of esters is 1. The molecule has 1 aromatic rings. The summed E-state index contributed by atoms with van der Waals surface area (Å²) >= 11 is 5.94. The molecular formula is C17H23ClO2. The quantitative estimate of drug-likeness (QED) is 0.620. The van der Waals surface area contributed by atoms with E-state index in [1.165, 1.54) is 34.7 Å². The third-order valence-electron chi connectivity index (χ3n) is 4.07. The number of rotatable bonds is 4. The van der Waals surface area contributed by atoms with E-state index in [1.54, 1.807) is 0 Å². The molecule has 0 N–H and O–H groups in total. The van der Waals surface area contributed by atoms with Gasteiger partial charge in [-0.2, -0.15) is 0 Å². The summed E-state index contributed by atoms with van der Waals surface area (Å²) < 4.78 is 5.28. The zero-order valence-corrected chi connectivity index (χ0v) is 13.6. The van der Waals surface area contributed by atoms with Crippen molar-refractivity contribution in [2.45, 2.75) is 53.6 Å². The molecule has 0 heterocycles. The minimum atomic E-state index is -0.227. The normalized spacial score (nSPS) is 16.1. The van der Waals surface area contributed by atoms with Crippen molar-refractivity contribution < 1.29 is 9.53 Å². The van der Waals surface area contributed by atoms with Gasteiger partial charge in [-0.1, -0.05) is 19.9 Å². The first-order valence-electron chi connectivity index (χ1n) is 7.16. The van der Waals surface area contributed by atoms with Crippen LogP contribution in [0.3, 0.4) is 0 Å². The Kier molecular flexibility index (Phi) is 4.43. The SMILES string of the molecule is CC(=O)OCc1c(CCCl)c(C)cc2c1CC(C)(C)C2. The predicted molar refractivity (Wildman–Crippen MR) is 82.3 cm³/mol. The third kappa shape index (κ3) is 3.17. The van der Waals surface area contributed by atoms with Crippen molar-refractivity contribution in [3.63, 3.8) is 0 Å².